The molecule has 36 heavy (non-hydrogen) atoms. The van der Waals surface area contributed by atoms with E-state index in [2.05, 4.69) is 20.6 Å². The molecule has 0 spiro atoms. The minimum atomic E-state index is -4.25. The van der Waals surface area contributed by atoms with Crippen LogP contribution in [0.1, 0.15) is 21.5 Å². The molecule has 0 unspecified atom stereocenters. The fourth-order valence-electron chi connectivity index (χ4n) is 3.76. The van der Waals surface area contributed by atoms with Gasteiger partial charge in [0, 0.05) is 17.7 Å². The smallest absolute Gasteiger partial charge is 0.333 e. The largest absolute Gasteiger partial charge is 0.368 e. The van der Waals surface area contributed by atoms with Crippen molar-refractivity contribution in [1.82, 2.24) is 15.0 Å². The van der Waals surface area contributed by atoms with Crippen LogP contribution in [0.25, 0.3) is 0 Å². The second-order valence-corrected chi connectivity index (χ2v) is 10.7. The highest BCUT2D eigenvalue weighted by atomic mass is 32.2. The number of aromatic nitrogens is 1. The van der Waals surface area contributed by atoms with E-state index < -0.39 is 33.0 Å². The molecule has 11 nitrogen and oxygen atoms in total. The zero-order valence-electron chi connectivity index (χ0n) is 18.3. The number of sulfonamides is 1. The summed E-state index contributed by atoms with van der Waals surface area (Å²) in [6.07, 6.45) is 1.17. The third-order valence-electron chi connectivity index (χ3n) is 5.35. The SMILES string of the molecule is O=C(Nc1ccc(N2C(=O)Cc3cc(C4=NCCN4)ccc3C2=O)nc1)NS(=O)(=O)c1ccc(F)s1. The van der Waals surface area contributed by atoms with Gasteiger partial charge in [-0.05, 0) is 42.0 Å². The lowest BCUT2D eigenvalue weighted by molar-refractivity contribution is -0.117. The normalized spacial score (nSPS) is 15.2. The highest BCUT2D eigenvalue weighted by molar-refractivity contribution is 7.92. The number of anilines is 2. The molecule has 3 aromatic rings. The summed E-state index contributed by atoms with van der Waals surface area (Å²) in [6.45, 7) is 1.40. The lowest BCUT2D eigenvalue weighted by atomic mass is 9.95. The molecule has 2 aliphatic heterocycles. The van der Waals surface area contributed by atoms with E-state index in [1.807, 2.05) is 0 Å². The molecule has 184 valence electrons. The van der Waals surface area contributed by atoms with E-state index >= 15 is 0 Å². The maximum Gasteiger partial charge on any atom is 0.333 e. The molecule has 0 fully saturated rings. The van der Waals surface area contributed by atoms with Gasteiger partial charge in [-0.1, -0.05) is 17.4 Å². The van der Waals surface area contributed by atoms with Crippen molar-refractivity contribution in [2.45, 2.75) is 10.6 Å². The minimum Gasteiger partial charge on any atom is -0.368 e. The Bertz CT molecular complexity index is 1530. The number of hydrogen-bond acceptors (Lipinski definition) is 9. The Kier molecular flexibility index (Phi) is 5.97. The Morgan fingerprint density at radius 3 is 2.64 bits per heavy atom. The number of imide groups is 1. The topological polar surface area (TPSA) is 150 Å². The molecule has 14 heteroatoms. The summed E-state index contributed by atoms with van der Waals surface area (Å²) >= 11 is 0.376. The third kappa shape index (κ3) is 4.55. The van der Waals surface area contributed by atoms with Crippen LogP contribution in [0.3, 0.4) is 0 Å². The lowest BCUT2D eigenvalue weighted by Crippen LogP contribution is -2.43. The Morgan fingerprint density at radius 1 is 1.14 bits per heavy atom. The molecule has 0 radical (unpaired) electrons. The summed E-state index contributed by atoms with van der Waals surface area (Å²) in [5, 5.41) is 4.74. The van der Waals surface area contributed by atoms with Crippen LogP contribution in [-0.4, -0.2) is 50.2 Å². The van der Waals surface area contributed by atoms with E-state index in [0.717, 1.165) is 35.0 Å². The molecule has 3 N–H and O–H groups in total. The first-order chi connectivity index (χ1) is 17.2. The van der Waals surface area contributed by atoms with E-state index in [9.17, 15) is 27.2 Å². The highest BCUT2D eigenvalue weighted by Gasteiger charge is 2.33. The quantitative estimate of drug-likeness (QED) is 0.428. The van der Waals surface area contributed by atoms with Gasteiger partial charge in [0.05, 0.1) is 24.8 Å². The molecular formula is C22H17FN6O5S2. The summed E-state index contributed by atoms with van der Waals surface area (Å²) in [6, 6.07) is 8.83. The number of pyridine rings is 1. The van der Waals surface area contributed by atoms with E-state index in [-0.39, 0.29) is 22.1 Å². The standard InChI is InChI=1S/C22H17FN6O5S2/c23-16-4-6-19(35-16)36(33,34)28-22(32)27-14-2-5-17(26-11-14)29-18(30)10-13-9-12(20-24-7-8-25-20)1-3-15(13)21(29)31/h1-6,9,11H,7-8,10H2,(H,24,25)(H2,27,28,32). The van der Waals surface area contributed by atoms with Gasteiger partial charge in [-0.3, -0.25) is 14.6 Å². The molecule has 0 saturated heterocycles. The van der Waals surface area contributed by atoms with Crippen LogP contribution in [-0.2, 0) is 21.2 Å². The van der Waals surface area contributed by atoms with Gasteiger partial charge in [0.15, 0.2) is 5.13 Å². The fraction of sp³-hybridized carbons (Fsp3) is 0.136. The number of carbonyl (C=O) groups is 3. The first-order valence-electron chi connectivity index (χ1n) is 10.6. The number of fused-ring (bicyclic) bond motifs is 1. The van der Waals surface area contributed by atoms with Gasteiger partial charge in [-0.2, -0.15) is 4.39 Å². The number of thiophene rings is 1. The van der Waals surface area contributed by atoms with Crippen molar-refractivity contribution in [1.29, 1.82) is 0 Å². The second-order valence-electron chi connectivity index (χ2n) is 7.76. The molecule has 1 aromatic carbocycles. The molecule has 2 aliphatic rings. The van der Waals surface area contributed by atoms with Crippen LogP contribution in [0.4, 0.5) is 20.7 Å². The monoisotopic (exact) mass is 528 g/mol. The molecular weight excluding hydrogens is 511 g/mol. The molecule has 5 rings (SSSR count). The summed E-state index contributed by atoms with van der Waals surface area (Å²) in [5.41, 5.74) is 1.88. The van der Waals surface area contributed by atoms with Crippen molar-refractivity contribution in [3.63, 3.8) is 0 Å². The number of amides is 4. The number of rotatable bonds is 5. The predicted molar refractivity (Wildman–Crippen MR) is 129 cm³/mol. The Morgan fingerprint density at radius 2 is 1.97 bits per heavy atom. The molecule has 0 aliphatic carbocycles. The van der Waals surface area contributed by atoms with E-state index in [4.69, 9.17) is 0 Å². The zero-order valence-corrected chi connectivity index (χ0v) is 20.0. The average Bonchev–Trinajstić information content (AvgIpc) is 3.52. The first-order valence-corrected chi connectivity index (χ1v) is 12.9. The number of benzene rings is 1. The number of amidine groups is 1. The van der Waals surface area contributed by atoms with Crippen molar-refractivity contribution in [3.05, 3.63) is 70.5 Å². The van der Waals surface area contributed by atoms with Gasteiger partial charge in [0.1, 0.15) is 15.9 Å². The van der Waals surface area contributed by atoms with Gasteiger partial charge in [0.25, 0.3) is 15.9 Å². The molecule has 0 bridgehead atoms. The van der Waals surface area contributed by atoms with E-state index in [1.54, 1.807) is 22.9 Å². The zero-order chi connectivity index (χ0) is 25.4. The molecule has 4 amide bonds. The molecule has 0 saturated carbocycles. The van der Waals surface area contributed by atoms with Gasteiger partial charge >= 0.3 is 6.03 Å². The second kappa shape index (κ2) is 9.13. The van der Waals surface area contributed by atoms with Gasteiger partial charge in [0.2, 0.25) is 5.91 Å². The van der Waals surface area contributed by atoms with Crippen LogP contribution < -0.4 is 20.3 Å². The molecule has 2 aromatic heterocycles. The number of nitrogens with zero attached hydrogens (tertiary/aromatic N) is 3. The van der Waals surface area contributed by atoms with Crippen molar-refractivity contribution in [2.75, 3.05) is 23.3 Å². The Balaban J connectivity index is 1.29. The van der Waals surface area contributed by atoms with Crippen LogP contribution >= 0.6 is 11.3 Å². The number of halogens is 1. The third-order valence-corrected chi connectivity index (χ3v) is 8.05. The average molecular weight is 529 g/mol. The summed E-state index contributed by atoms with van der Waals surface area (Å²) in [5.74, 6) is -0.223. The fourth-order valence-corrected chi connectivity index (χ4v) is 5.67. The summed E-state index contributed by atoms with van der Waals surface area (Å²) < 4.78 is 38.8. The Labute approximate surface area is 208 Å². The number of urea groups is 1. The van der Waals surface area contributed by atoms with Crippen molar-refractivity contribution in [2.24, 2.45) is 4.99 Å². The van der Waals surface area contributed by atoms with Crippen LogP contribution in [0.5, 0.6) is 0 Å². The van der Waals surface area contributed by atoms with E-state index in [0.29, 0.717) is 29.0 Å². The van der Waals surface area contributed by atoms with Crippen LogP contribution in [0, 0.1) is 5.13 Å². The maximum atomic E-state index is 13.1. The number of nitrogens with one attached hydrogen (secondary N) is 3. The molecule has 0 atom stereocenters. The number of hydrogen-bond donors (Lipinski definition) is 3. The van der Waals surface area contributed by atoms with Gasteiger partial charge in [-0.15, -0.1) is 0 Å². The summed E-state index contributed by atoms with van der Waals surface area (Å²) in [4.78, 5) is 47.4. The summed E-state index contributed by atoms with van der Waals surface area (Å²) in [7, 11) is -4.25. The van der Waals surface area contributed by atoms with Crippen molar-refractivity contribution < 1.29 is 27.2 Å². The molecule has 4 heterocycles. The maximum absolute atomic E-state index is 13.1. The number of aliphatic imine (C=N–C) groups is 1. The number of carbonyl (C=O) groups excluding carboxylic acids is 3. The van der Waals surface area contributed by atoms with Gasteiger partial charge < -0.3 is 10.6 Å². The van der Waals surface area contributed by atoms with Crippen LogP contribution in [0.2, 0.25) is 0 Å². The van der Waals surface area contributed by atoms with E-state index in [1.165, 1.54) is 18.3 Å². The predicted octanol–water partition coefficient (Wildman–Crippen LogP) is 1.87. The van der Waals surface area contributed by atoms with Crippen molar-refractivity contribution >= 4 is 56.5 Å². The first kappa shape index (κ1) is 23.6. The lowest BCUT2D eigenvalue weighted by Gasteiger charge is -2.26. The highest BCUT2D eigenvalue weighted by Crippen LogP contribution is 2.26. The minimum absolute atomic E-state index is 0.00649. The van der Waals surface area contributed by atoms with Gasteiger partial charge in [-0.25, -0.2) is 27.8 Å². The van der Waals surface area contributed by atoms with Crippen LogP contribution in [0.15, 0.2) is 57.9 Å². The Hall–Kier alpha value is -4.17. The van der Waals surface area contributed by atoms with Crippen molar-refractivity contribution in [3.8, 4) is 0 Å².